The van der Waals surface area contributed by atoms with Crippen LogP contribution in [0.1, 0.15) is 66.1 Å². The molecular weight excluding hydrogens is 236 g/mol. The third-order valence-electron chi connectivity index (χ3n) is 4.00. The SMILES string of the molecule is CCCCCc1cc2c(c(C(=O)OC)c1)CCCC2. The number of methoxy groups -OCH3 is 1. The van der Waals surface area contributed by atoms with Gasteiger partial charge in [-0.25, -0.2) is 4.79 Å². The fourth-order valence-electron chi connectivity index (χ4n) is 2.95. The van der Waals surface area contributed by atoms with Gasteiger partial charge in [0.25, 0.3) is 0 Å². The minimum Gasteiger partial charge on any atom is -0.465 e. The fourth-order valence-corrected chi connectivity index (χ4v) is 2.95. The molecule has 1 aromatic rings. The van der Waals surface area contributed by atoms with Crippen molar-refractivity contribution >= 4 is 5.97 Å². The first-order valence-corrected chi connectivity index (χ1v) is 7.49. The van der Waals surface area contributed by atoms with Crippen LogP contribution in [0.25, 0.3) is 0 Å². The average Bonchev–Trinajstić information content (AvgIpc) is 2.46. The van der Waals surface area contributed by atoms with Gasteiger partial charge in [-0.1, -0.05) is 25.8 Å². The number of hydrogen-bond acceptors (Lipinski definition) is 2. The molecule has 0 saturated heterocycles. The molecule has 2 nitrogen and oxygen atoms in total. The molecule has 0 fully saturated rings. The maximum absolute atomic E-state index is 11.9. The summed E-state index contributed by atoms with van der Waals surface area (Å²) in [7, 11) is 1.47. The second-order valence-electron chi connectivity index (χ2n) is 5.44. The number of benzene rings is 1. The summed E-state index contributed by atoms with van der Waals surface area (Å²) in [6.45, 7) is 2.22. The van der Waals surface area contributed by atoms with Gasteiger partial charge >= 0.3 is 5.97 Å². The summed E-state index contributed by atoms with van der Waals surface area (Å²) >= 11 is 0. The smallest absolute Gasteiger partial charge is 0.338 e. The van der Waals surface area contributed by atoms with E-state index in [1.165, 1.54) is 55.9 Å². The van der Waals surface area contributed by atoms with Gasteiger partial charge in [-0.3, -0.25) is 0 Å². The summed E-state index contributed by atoms with van der Waals surface area (Å²) < 4.78 is 4.94. The fraction of sp³-hybridized carbons (Fsp3) is 0.588. The molecule has 0 heterocycles. The number of rotatable bonds is 5. The Morgan fingerprint density at radius 2 is 2.00 bits per heavy atom. The Hall–Kier alpha value is -1.31. The first-order chi connectivity index (χ1) is 9.26. The first-order valence-electron chi connectivity index (χ1n) is 7.49. The van der Waals surface area contributed by atoms with Crippen molar-refractivity contribution in [3.8, 4) is 0 Å². The summed E-state index contributed by atoms with van der Waals surface area (Å²) in [5, 5.41) is 0. The molecule has 1 aliphatic carbocycles. The quantitative estimate of drug-likeness (QED) is 0.589. The molecule has 19 heavy (non-hydrogen) atoms. The molecule has 0 bridgehead atoms. The van der Waals surface area contributed by atoms with Gasteiger partial charge in [-0.2, -0.15) is 0 Å². The lowest BCUT2D eigenvalue weighted by atomic mass is 9.86. The van der Waals surface area contributed by atoms with E-state index in [-0.39, 0.29) is 5.97 Å². The van der Waals surface area contributed by atoms with Crippen molar-refractivity contribution in [3.05, 3.63) is 34.4 Å². The Morgan fingerprint density at radius 1 is 1.21 bits per heavy atom. The molecule has 0 spiro atoms. The van der Waals surface area contributed by atoms with E-state index in [1.54, 1.807) is 0 Å². The normalized spacial score (nSPS) is 14.0. The monoisotopic (exact) mass is 260 g/mol. The van der Waals surface area contributed by atoms with Crippen molar-refractivity contribution in [1.29, 1.82) is 0 Å². The highest BCUT2D eigenvalue weighted by Crippen LogP contribution is 2.27. The number of unbranched alkanes of at least 4 members (excludes halogenated alkanes) is 2. The van der Waals surface area contributed by atoms with E-state index in [9.17, 15) is 4.79 Å². The Kier molecular flexibility index (Phi) is 5.00. The lowest BCUT2D eigenvalue weighted by Gasteiger charge is -2.20. The van der Waals surface area contributed by atoms with Gasteiger partial charge < -0.3 is 4.74 Å². The van der Waals surface area contributed by atoms with Crippen molar-refractivity contribution in [3.63, 3.8) is 0 Å². The maximum atomic E-state index is 11.9. The number of ether oxygens (including phenoxy) is 1. The van der Waals surface area contributed by atoms with Crippen LogP contribution in [0.15, 0.2) is 12.1 Å². The molecule has 2 rings (SSSR count). The van der Waals surface area contributed by atoms with Crippen LogP contribution < -0.4 is 0 Å². The van der Waals surface area contributed by atoms with Crippen LogP contribution >= 0.6 is 0 Å². The zero-order valence-electron chi connectivity index (χ0n) is 12.1. The number of hydrogen-bond donors (Lipinski definition) is 0. The Labute approximate surface area is 116 Å². The number of carbonyl (C=O) groups is 1. The van der Waals surface area contributed by atoms with Gasteiger partial charge in [0, 0.05) is 0 Å². The molecule has 0 unspecified atom stereocenters. The average molecular weight is 260 g/mol. The highest BCUT2D eigenvalue weighted by Gasteiger charge is 2.19. The molecular formula is C17H24O2. The predicted molar refractivity (Wildman–Crippen MR) is 77.7 cm³/mol. The number of esters is 1. The molecule has 0 aromatic heterocycles. The summed E-state index contributed by atoms with van der Waals surface area (Å²) in [6, 6.07) is 4.38. The van der Waals surface area contributed by atoms with Gasteiger partial charge in [0.05, 0.1) is 12.7 Å². The van der Waals surface area contributed by atoms with Crippen LogP contribution in [0.2, 0.25) is 0 Å². The zero-order chi connectivity index (χ0) is 13.7. The lowest BCUT2D eigenvalue weighted by molar-refractivity contribution is 0.0599. The Morgan fingerprint density at radius 3 is 2.74 bits per heavy atom. The number of aryl methyl sites for hydroxylation is 2. The molecule has 2 heteroatoms. The number of fused-ring (bicyclic) bond motifs is 1. The lowest BCUT2D eigenvalue weighted by Crippen LogP contribution is -2.13. The minimum atomic E-state index is -0.171. The van der Waals surface area contributed by atoms with Crippen molar-refractivity contribution < 1.29 is 9.53 Å². The van der Waals surface area contributed by atoms with Gasteiger partial charge in [0.15, 0.2) is 0 Å². The molecule has 0 atom stereocenters. The van der Waals surface area contributed by atoms with Gasteiger partial charge in [-0.05, 0) is 61.3 Å². The highest BCUT2D eigenvalue weighted by atomic mass is 16.5. The summed E-state index contributed by atoms with van der Waals surface area (Å²) in [5.74, 6) is -0.171. The molecule has 0 aliphatic heterocycles. The molecule has 0 radical (unpaired) electrons. The van der Waals surface area contributed by atoms with Crippen LogP contribution in [0.5, 0.6) is 0 Å². The Bertz CT molecular complexity index is 449. The summed E-state index contributed by atoms with van der Waals surface area (Å²) in [5.41, 5.74) is 4.72. The van der Waals surface area contributed by atoms with E-state index in [2.05, 4.69) is 19.1 Å². The topological polar surface area (TPSA) is 26.3 Å². The summed E-state index contributed by atoms with van der Waals surface area (Å²) in [4.78, 5) is 11.9. The van der Waals surface area contributed by atoms with E-state index in [4.69, 9.17) is 4.74 Å². The van der Waals surface area contributed by atoms with Crippen LogP contribution in [-0.4, -0.2) is 13.1 Å². The molecule has 1 aromatic carbocycles. The molecule has 0 N–H and O–H groups in total. The predicted octanol–water partition coefficient (Wildman–Crippen LogP) is 4.08. The summed E-state index contributed by atoms with van der Waals surface area (Å²) in [6.07, 6.45) is 9.33. The minimum absolute atomic E-state index is 0.171. The van der Waals surface area contributed by atoms with Crippen LogP contribution in [0.3, 0.4) is 0 Å². The van der Waals surface area contributed by atoms with Gasteiger partial charge in [0.1, 0.15) is 0 Å². The molecule has 0 saturated carbocycles. The van der Waals surface area contributed by atoms with E-state index >= 15 is 0 Å². The maximum Gasteiger partial charge on any atom is 0.338 e. The van der Waals surface area contributed by atoms with E-state index in [0.717, 1.165) is 24.8 Å². The number of carbonyl (C=O) groups excluding carboxylic acids is 1. The molecule has 0 amide bonds. The standard InChI is InChI=1S/C17H24O2/c1-3-4-5-8-13-11-14-9-6-7-10-15(14)16(12-13)17(18)19-2/h11-12H,3-10H2,1-2H3. The second-order valence-corrected chi connectivity index (χ2v) is 5.44. The van der Waals surface area contributed by atoms with Gasteiger partial charge in [0.2, 0.25) is 0 Å². The van der Waals surface area contributed by atoms with Crippen molar-refractivity contribution in [2.45, 2.75) is 58.3 Å². The molecule has 104 valence electrons. The van der Waals surface area contributed by atoms with Crippen molar-refractivity contribution in [1.82, 2.24) is 0 Å². The third kappa shape index (κ3) is 3.37. The second kappa shape index (κ2) is 6.74. The van der Waals surface area contributed by atoms with Crippen LogP contribution in [0.4, 0.5) is 0 Å². The van der Waals surface area contributed by atoms with Gasteiger partial charge in [-0.15, -0.1) is 0 Å². The largest absolute Gasteiger partial charge is 0.465 e. The highest BCUT2D eigenvalue weighted by molar-refractivity contribution is 5.91. The van der Waals surface area contributed by atoms with Crippen LogP contribution in [-0.2, 0) is 24.0 Å². The van der Waals surface area contributed by atoms with Crippen molar-refractivity contribution in [2.24, 2.45) is 0 Å². The molecule has 1 aliphatic rings. The van der Waals surface area contributed by atoms with E-state index in [1.807, 2.05) is 0 Å². The van der Waals surface area contributed by atoms with Crippen molar-refractivity contribution in [2.75, 3.05) is 7.11 Å². The Balaban J connectivity index is 2.28. The van der Waals surface area contributed by atoms with E-state index < -0.39 is 0 Å². The van der Waals surface area contributed by atoms with Crippen LogP contribution in [0, 0.1) is 0 Å². The zero-order valence-corrected chi connectivity index (χ0v) is 12.1. The third-order valence-corrected chi connectivity index (χ3v) is 4.00. The van der Waals surface area contributed by atoms with E-state index in [0.29, 0.717) is 0 Å². The first kappa shape index (κ1) is 14.1.